The Hall–Kier alpha value is -2.77. The highest BCUT2D eigenvalue weighted by molar-refractivity contribution is 5.87. The lowest BCUT2D eigenvalue weighted by molar-refractivity contribution is -0.137. The van der Waals surface area contributed by atoms with Crippen LogP contribution in [0.2, 0.25) is 0 Å². The number of furan rings is 1. The zero-order valence-corrected chi connectivity index (χ0v) is 12.7. The molecule has 0 unspecified atom stereocenters. The van der Waals surface area contributed by atoms with Crippen LogP contribution in [0, 0.1) is 0 Å². The highest BCUT2D eigenvalue weighted by Gasteiger charge is 2.30. The van der Waals surface area contributed by atoms with Gasteiger partial charge in [-0.05, 0) is 29.8 Å². The molecule has 0 bridgehead atoms. The number of amides is 2. The summed E-state index contributed by atoms with van der Waals surface area (Å²) in [5.41, 5.74) is -0.262. The molecule has 0 spiro atoms. The maximum atomic E-state index is 12.5. The van der Waals surface area contributed by atoms with Crippen LogP contribution < -0.4 is 10.6 Å². The minimum atomic E-state index is -4.41. The van der Waals surface area contributed by atoms with Crippen LogP contribution in [0.15, 0.2) is 47.1 Å². The number of hydrogen-bond donors (Lipinski definition) is 2. The third-order valence-corrected chi connectivity index (χ3v) is 3.19. The van der Waals surface area contributed by atoms with E-state index in [1.807, 2.05) is 0 Å². The molecule has 1 atom stereocenters. The minimum Gasteiger partial charge on any atom is -0.467 e. The molecule has 0 fully saturated rings. The van der Waals surface area contributed by atoms with Crippen LogP contribution in [0.5, 0.6) is 0 Å². The van der Waals surface area contributed by atoms with Gasteiger partial charge in [-0.2, -0.15) is 13.2 Å². The lowest BCUT2D eigenvalue weighted by Gasteiger charge is -2.15. The van der Waals surface area contributed by atoms with E-state index in [9.17, 15) is 22.8 Å². The normalized spacial score (nSPS) is 12.5. The Morgan fingerprint density at radius 2 is 1.83 bits per heavy atom. The van der Waals surface area contributed by atoms with Crippen molar-refractivity contribution in [1.29, 1.82) is 0 Å². The second-order valence-electron chi connectivity index (χ2n) is 5.06. The molecule has 0 aliphatic carbocycles. The van der Waals surface area contributed by atoms with Crippen molar-refractivity contribution in [3.05, 3.63) is 59.5 Å². The summed E-state index contributed by atoms with van der Waals surface area (Å²) in [4.78, 5) is 23.4. The second kappa shape index (κ2) is 7.20. The number of benzene rings is 1. The van der Waals surface area contributed by atoms with Crippen molar-refractivity contribution in [1.82, 2.24) is 10.6 Å². The van der Waals surface area contributed by atoms with E-state index in [1.54, 1.807) is 6.07 Å². The molecule has 8 heteroatoms. The minimum absolute atomic E-state index is 0.0216. The van der Waals surface area contributed by atoms with Crippen molar-refractivity contribution in [2.24, 2.45) is 0 Å². The van der Waals surface area contributed by atoms with E-state index >= 15 is 0 Å². The standard InChI is InChI=1S/C16H15F3N2O3/c1-10(22)21-14(13-3-2-8-24-13)15(23)20-9-11-4-6-12(7-5-11)16(17,18)19/h2-8,14H,9H2,1H3,(H,20,23)(H,21,22)/t14-/m0/s1. The third kappa shape index (κ3) is 4.61. The fourth-order valence-corrected chi connectivity index (χ4v) is 2.03. The number of hydrogen-bond acceptors (Lipinski definition) is 3. The van der Waals surface area contributed by atoms with Crippen LogP contribution in [0.3, 0.4) is 0 Å². The van der Waals surface area contributed by atoms with Gasteiger partial charge < -0.3 is 15.1 Å². The molecule has 2 aromatic rings. The lowest BCUT2D eigenvalue weighted by Crippen LogP contribution is -2.39. The zero-order valence-electron chi connectivity index (χ0n) is 12.7. The quantitative estimate of drug-likeness (QED) is 0.879. The number of carbonyl (C=O) groups is 2. The van der Waals surface area contributed by atoms with Crippen molar-refractivity contribution in [2.45, 2.75) is 25.7 Å². The Labute approximate surface area is 135 Å². The first-order chi connectivity index (χ1) is 11.3. The Kier molecular flexibility index (Phi) is 5.28. The average Bonchev–Trinajstić information content (AvgIpc) is 3.03. The van der Waals surface area contributed by atoms with Crippen molar-refractivity contribution in [2.75, 3.05) is 0 Å². The van der Waals surface area contributed by atoms with Gasteiger partial charge in [0.2, 0.25) is 5.91 Å². The fraction of sp³-hybridized carbons (Fsp3) is 0.250. The molecular weight excluding hydrogens is 325 g/mol. The van der Waals surface area contributed by atoms with Gasteiger partial charge in [0, 0.05) is 13.5 Å². The molecular formula is C16H15F3N2O3. The maximum Gasteiger partial charge on any atom is 0.416 e. The van der Waals surface area contributed by atoms with E-state index < -0.39 is 29.6 Å². The van der Waals surface area contributed by atoms with E-state index in [0.717, 1.165) is 12.1 Å². The molecule has 0 aliphatic heterocycles. The molecule has 24 heavy (non-hydrogen) atoms. The molecule has 1 heterocycles. The molecule has 128 valence electrons. The summed E-state index contributed by atoms with van der Waals surface area (Å²) >= 11 is 0. The first-order valence-electron chi connectivity index (χ1n) is 7.01. The number of carbonyl (C=O) groups excluding carboxylic acids is 2. The molecule has 0 saturated carbocycles. The lowest BCUT2D eigenvalue weighted by atomic mass is 10.1. The number of alkyl halides is 3. The van der Waals surface area contributed by atoms with Gasteiger partial charge in [-0.25, -0.2) is 0 Å². The highest BCUT2D eigenvalue weighted by Crippen LogP contribution is 2.29. The highest BCUT2D eigenvalue weighted by atomic mass is 19.4. The van der Waals surface area contributed by atoms with Gasteiger partial charge in [0.1, 0.15) is 5.76 Å². The second-order valence-corrected chi connectivity index (χ2v) is 5.06. The Bertz CT molecular complexity index is 694. The SMILES string of the molecule is CC(=O)N[C@H](C(=O)NCc1ccc(C(F)(F)F)cc1)c1ccco1. The van der Waals surface area contributed by atoms with Crippen LogP contribution in [0.1, 0.15) is 29.9 Å². The monoisotopic (exact) mass is 340 g/mol. The first-order valence-corrected chi connectivity index (χ1v) is 7.01. The topological polar surface area (TPSA) is 71.3 Å². The van der Waals surface area contributed by atoms with Gasteiger partial charge in [-0.15, -0.1) is 0 Å². The van der Waals surface area contributed by atoms with Crippen LogP contribution in [0.25, 0.3) is 0 Å². The van der Waals surface area contributed by atoms with Crippen molar-refractivity contribution < 1.29 is 27.2 Å². The Morgan fingerprint density at radius 3 is 2.33 bits per heavy atom. The van der Waals surface area contributed by atoms with Gasteiger partial charge in [-0.1, -0.05) is 12.1 Å². The fourth-order valence-electron chi connectivity index (χ4n) is 2.03. The van der Waals surface area contributed by atoms with Gasteiger partial charge >= 0.3 is 6.18 Å². The van der Waals surface area contributed by atoms with E-state index in [-0.39, 0.29) is 12.3 Å². The van der Waals surface area contributed by atoms with Gasteiger partial charge in [-0.3, -0.25) is 9.59 Å². The summed E-state index contributed by atoms with van der Waals surface area (Å²) < 4.78 is 42.6. The molecule has 2 rings (SSSR count). The largest absolute Gasteiger partial charge is 0.467 e. The predicted molar refractivity (Wildman–Crippen MR) is 78.6 cm³/mol. The van der Waals surface area contributed by atoms with Gasteiger partial charge in [0.15, 0.2) is 6.04 Å². The summed E-state index contributed by atoms with van der Waals surface area (Å²) in [5, 5.41) is 5.01. The number of nitrogens with one attached hydrogen (secondary N) is 2. The molecule has 1 aromatic carbocycles. The summed E-state index contributed by atoms with van der Waals surface area (Å²) in [6.45, 7) is 1.28. The van der Waals surface area contributed by atoms with Crippen LogP contribution in [-0.4, -0.2) is 11.8 Å². The summed E-state index contributed by atoms with van der Waals surface area (Å²) in [6.07, 6.45) is -3.04. The van der Waals surface area contributed by atoms with Crippen LogP contribution in [-0.2, 0) is 22.3 Å². The third-order valence-electron chi connectivity index (χ3n) is 3.19. The molecule has 2 N–H and O–H groups in total. The van der Waals surface area contributed by atoms with E-state index in [0.29, 0.717) is 5.56 Å². The van der Waals surface area contributed by atoms with Crippen molar-refractivity contribution in [3.63, 3.8) is 0 Å². The molecule has 5 nitrogen and oxygen atoms in total. The summed E-state index contributed by atoms with van der Waals surface area (Å²) in [7, 11) is 0. The smallest absolute Gasteiger partial charge is 0.416 e. The molecule has 1 aromatic heterocycles. The van der Waals surface area contributed by atoms with E-state index in [1.165, 1.54) is 31.4 Å². The zero-order chi connectivity index (χ0) is 17.7. The summed E-state index contributed by atoms with van der Waals surface area (Å²) in [6, 6.07) is 6.56. The predicted octanol–water partition coefficient (Wildman–Crippen LogP) is 2.79. The molecule has 0 radical (unpaired) electrons. The molecule has 0 aliphatic rings. The molecule has 0 saturated heterocycles. The van der Waals surface area contributed by atoms with Crippen LogP contribution >= 0.6 is 0 Å². The average molecular weight is 340 g/mol. The van der Waals surface area contributed by atoms with Crippen LogP contribution in [0.4, 0.5) is 13.2 Å². The maximum absolute atomic E-state index is 12.5. The van der Waals surface area contributed by atoms with E-state index in [2.05, 4.69) is 10.6 Å². The molecule has 2 amide bonds. The van der Waals surface area contributed by atoms with Gasteiger partial charge in [0.05, 0.1) is 11.8 Å². The Balaban J connectivity index is 2.01. The first kappa shape index (κ1) is 17.6. The van der Waals surface area contributed by atoms with Crippen molar-refractivity contribution in [3.8, 4) is 0 Å². The number of rotatable bonds is 5. The summed E-state index contributed by atoms with van der Waals surface area (Å²) in [5.74, 6) is -0.684. The van der Waals surface area contributed by atoms with Crippen molar-refractivity contribution >= 4 is 11.8 Å². The Morgan fingerprint density at radius 1 is 1.17 bits per heavy atom. The number of halogens is 3. The van der Waals surface area contributed by atoms with Gasteiger partial charge in [0.25, 0.3) is 5.91 Å². The van der Waals surface area contributed by atoms with E-state index in [4.69, 9.17) is 4.42 Å².